The predicted molar refractivity (Wildman–Crippen MR) is 54.6 cm³/mol. The van der Waals surface area contributed by atoms with Gasteiger partial charge in [-0.25, -0.2) is 0 Å². The van der Waals surface area contributed by atoms with Crippen molar-refractivity contribution in [1.82, 2.24) is 5.16 Å². The monoisotopic (exact) mass is 177 g/mol. The van der Waals surface area contributed by atoms with Crippen molar-refractivity contribution in [1.29, 1.82) is 0 Å². The average molecular weight is 177 g/mol. The summed E-state index contributed by atoms with van der Waals surface area (Å²) in [5, 5.41) is 4.01. The van der Waals surface area contributed by atoms with E-state index in [0.717, 1.165) is 17.0 Å². The Kier molecular flexibility index (Phi) is 3.07. The normalized spacial score (nSPS) is 11.4. The standard InChI is InChI=1S/C11H15NO/c1-5-6-7-10-9(4)13-12-11(10)8(2)3/h5-8H,1H2,2-4H3/b7-6-. The van der Waals surface area contributed by atoms with E-state index in [0.29, 0.717) is 5.92 Å². The number of aryl methyl sites for hydroxylation is 1. The summed E-state index contributed by atoms with van der Waals surface area (Å²) in [5.41, 5.74) is 2.09. The van der Waals surface area contributed by atoms with Gasteiger partial charge in [-0.05, 0) is 18.9 Å². The molecule has 0 saturated carbocycles. The van der Waals surface area contributed by atoms with Crippen LogP contribution in [0.15, 0.2) is 23.3 Å². The van der Waals surface area contributed by atoms with Crippen molar-refractivity contribution in [3.05, 3.63) is 35.7 Å². The Hall–Kier alpha value is -1.31. The van der Waals surface area contributed by atoms with Gasteiger partial charge >= 0.3 is 0 Å². The van der Waals surface area contributed by atoms with Gasteiger partial charge in [0.2, 0.25) is 0 Å². The summed E-state index contributed by atoms with van der Waals surface area (Å²) in [6.07, 6.45) is 5.62. The second kappa shape index (κ2) is 4.08. The van der Waals surface area contributed by atoms with Crippen LogP contribution in [-0.2, 0) is 0 Å². The van der Waals surface area contributed by atoms with Crippen LogP contribution in [0.25, 0.3) is 6.08 Å². The zero-order chi connectivity index (χ0) is 9.84. The largest absolute Gasteiger partial charge is 0.361 e. The molecule has 0 aromatic carbocycles. The Morgan fingerprint density at radius 2 is 2.15 bits per heavy atom. The molecule has 13 heavy (non-hydrogen) atoms. The molecule has 0 amide bonds. The summed E-state index contributed by atoms with van der Waals surface area (Å²) in [7, 11) is 0. The molecule has 0 spiro atoms. The van der Waals surface area contributed by atoms with Gasteiger partial charge in [0.05, 0.1) is 5.69 Å². The minimum atomic E-state index is 0.391. The summed E-state index contributed by atoms with van der Waals surface area (Å²) < 4.78 is 5.12. The number of rotatable bonds is 3. The summed E-state index contributed by atoms with van der Waals surface area (Å²) in [4.78, 5) is 0. The van der Waals surface area contributed by atoms with Crippen LogP contribution in [0.1, 0.15) is 36.8 Å². The van der Waals surface area contributed by atoms with E-state index >= 15 is 0 Å². The predicted octanol–water partition coefficient (Wildman–Crippen LogP) is 3.31. The molecule has 0 fully saturated rings. The molecular weight excluding hydrogens is 162 g/mol. The molecule has 2 nitrogen and oxygen atoms in total. The van der Waals surface area contributed by atoms with Crippen LogP contribution >= 0.6 is 0 Å². The minimum Gasteiger partial charge on any atom is -0.361 e. The second-order valence-electron chi connectivity index (χ2n) is 3.29. The maximum absolute atomic E-state index is 5.12. The van der Waals surface area contributed by atoms with E-state index in [1.165, 1.54) is 0 Å². The number of hydrogen-bond donors (Lipinski definition) is 0. The lowest BCUT2D eigenvalue weighted by atomic mass is 10.0. The molecule has 0 unspecified atom stereocenters. The third-order valence-electron chi connectivity index (χ3n) is 1.88. The highest BCUT2D eigenvalue weighted by molar-refractivity contribution is 5.55. The molecule has 1 heterocycles. The van der Waals surface area contributed by atoms with E-state index in [-0.39, 0.29) is 0 Å². The lowest BCUT2D eigenvalue weighted by Gasteiger charge is -1.99. The van der Waals surface area contributed by atoms with Gasteiger partial charge in [-0.1, -0.05) is 37.7 Å². The van der Waals surface area contributed by atoms with Crippen molar-refractivity contribution in [2.75, 3.05) is 0 Å². The van der Waals surface area contributed by atoms with Gasteiger partial charge in [-0.15, -0.1) is 0 Å². The Morgan fingerprint density at radius 1 is 1.46 bits per heavy atom. The first-order chi connectivity index (χ1) is 6.16. The fourth-order valence-electron chi connectivity index (χ4n) is 1.18. The van der Waals surface area contributed by atoms with Crippen molar-refractivity contribution < 1.29 is 4.52 Å². The maximum Gasteiger partial charge on any atom is 0.141 e. The van der Waals surface area contributed by atoms with Crippen LogP contribution in [0.2, 0.25) is 0 Å². The van der Waals surface area contributed by atoms with Crippen LogP contribution in [0.4, 0.5) is 0 Å². The molecule has 0 aliphatic rings. The molecule has 1 aromatic heterocycles. The first-order valence-corrected chi connectivity index (χ1v) is 4.42. The molecule has 0 bridgehead atoms. The summed E-state index contributed by atoms with van der Waals surface area (Å²) in [5.74, 6) is 1.25. The lowest BCUT2D eigenvalue weighted by Crippen LogP contribution is -1.90. The SMILES string of the molecule is C=C/C=C\c1c(C(C)C)noc1C. The van der Waals surface area contributed by atoms with E-state index < -0.39 is 0 Å². The summed E-state index contributed by atoms with van der Waals surface area (Å²) in [6, 6.07) is 0. The van der Waals surface area contributed by atoms with Crippen LogP contribution in [0.5, 0.6) is 0 Å². The van der Waals surface area contributed by atoms with Crippen LogP contribution in [0.3, 0.4) is 0 Å². The lowest BCUT2D eigenvalue weighted by molar-refractivity contribution is 0.387. The third-order valence-corrected chi connectivity index (χ3v) is 1.88. The summed E-state index contributed by atoms with van der Waals surface area (Å²) >= 11 is 0. The van der Waals surface area contributed by atoms with Crippen molar-refractivity contribution in [3.63, 3.8) is 0 Å². The van der Waals surface area contributed by atoms with Gasteiger partial charge in [0.25, 0.3) is 0 Å². The fraction of sp³-hybridized carbons (Fsp3) is 0.364. The van der Waals surface area contributed by atoms with Gasteiger partial charge in [0, 0.05) is 5.56 Å². The van der Waals surface area contributed by atoms with Crippen molar-refractivity contribution in [3.8, 4) is 0 Å². The quantitative estimate of drug-likeness (QED) is 0.662. The molecule has 2 heteroatoms. The third kappa shape index (κ3) is 2.08. The van der Waals surface area contributed by atoms with E-state index in [4.69, 9.17) is 4.52 Å². The van der Waals surface area contributed by atoms with Crippen LogP contribution in [0, 0.1) is 6.92 Å². The zero-order valence-electron chi connectivity index (χ0n) is 8.37. The van der Waals surface area contributed by atoms with Gasteiger partial charge in [-0.3, -0.25) is 0 Å². The smallest absolute Gasteiger partial charge is 0.141 e. The molecule has 0 N–H and O–H groups in total. The first-order valence-electron chi connectivity index (χ1n) is 4.42. The molecular formula is C11H15NO. The Balaban J connectivity index is 3.08. The van der Waals surface area contributed by atoms with Gasteiger partial charge < -0.3 is 4.52 Å². The van der Waals surface area contributed by atoms with Crippen molar-refractivity contribution >= 4 is 6.08 Å². The van der Waals surface area contributed by atoms with Crippen molar-refractivity contribution in [2.45, 2.75) is 26.7 Å². The highest BCUT2D eigenvalue weighted by Crippen LogP contribution is 2.22. The molecule has 0 saturated heterocycles. The second-order valence-corrected chi connectivity index (χ2v) is 3.29. The molecule has 1 aromatic rings. The number of aromatic nitrogens is 1. The molecule has 0 aliphatic carbocycles. The topological polar surface area (TPSA) is 26.0 Å². The maximum atomic E-state index is 5.12. The Bertz CT molecular complexity index is 321. The van der Waals surface area contributed by atoms with Gasteiger partial charge in [0.15, 0.2) is 0 Å². The molecule has 70 valence electrons. The zero-order valence-corrected chi connectivity index (χ0v) is 8.37. The van der Waals surface area contributed by atoms with E-state index in [2.05, 4.69) is 25.6 Å². The van der Waals surface area contributed by atoms with Gasteiger partial charge in [-0.2, -0.15) is 0 Å². The average Bonchev–Trinajstić information content (AvgIpc) is 2.43. The van der Waals surface area contributed by atoms with E-state index in [9.17, 15) is 0 Å². The Morgan fingerprint density at radius 3 is 2.69 bits per heavy atom. The number of hydrogen-bond acceptors (Lipinski definition) is 2. The first kappa shape index (κ1) is 9.78. The number of allylic oxidation sites excluding steroid dienone is 2. The fourth-order valence-corrected chi connectivity index (χ4v) is 1.18. The minimum absolute atomic E-state index is 0.391. The van der Waals surface area contributed by atoms with Crippen molar-refractivity contribution in [2.24, 2.45) is 0 Å². The van der Waals surface area contributed by atoms with E-state index in [1.807, 2.05) is 19.1 Å². The Labute approximate surface area is 78.9 Å². The molecule has 0 atom stereocenters. The van der Waals surface area contributed by atoms with E-state index in [1.54, 1.807) is 6.08 Å². The van der Waals surface area contributed by atoms with Gasteiger partial charge in [0.1, 0.15) is 5.76 Å². The number of nitrogens with zero attached hydrogens (tertiary/aromatic N) is 1. The molecule has 1 rings (SSSR count). The van der Waals surface area contributed by atoms with Crippen LogP contribution < -0.4 is 0 Å². The molecule has 0 aliphatic heterocycles. The molecule has 0 radical (unpaired) electrons. The highest BCUT2D eigenvalue weighted by Gasteiger charge is 2.12. The summed E-state index contributed by atoms with van der Waals surface area (Å²) in [6.45, 7) is 9.74. The highest BCUT2D eigenvalue weighted by atomic mass is 16.5. The van der Waals surface area contributed by atoms with Crippen LogP contribution in [-0.4, -0.2) is 5.16 Å².